The number of piperidine rings is 1. The molecule has 38 heavy (non-hydrogen) atoms. The lowest BCUT2D eigenvalue weighted by molar-refractivity contribution is 0.200. The molecule has 1 saturated heterocycles. The molecule has 2 atom stereocenters. The molecule has 0 radical (unpaired) electrons. The zero-order chi connectivity index (χ0) is 26.3. The minimum Gasteiger partial charge on any atom is -0.356 e. The maximum Gasteiger partial charge on any atom is 0.240 e. The summed E-state index contributed by atoms with van der Waals surface area (Å²) in [5, 5.41) is 5.13. The highest BCUT2D eigenvalue weighted by Crippen LogP contribution is 2.45. The average molecular weight is 532 g/mol. The van der Waals surface area contributed by atoms with Gasteiger partial charge in [0.25, 0.3) is 0 Å². The highest BCUT2D eigenvalue weighted by Gasteiger charge is 2.43. The zero-order valence-corrected chi connectivity index (χ0v) is 21.8. The molecular weight excluding hydrogens is 501 g/mol. The lowest BCUT2D eigenvalue weighted by Gasteiger charge is -2.31. The first kappa shape index (κ1) is 25.0. The van der Waals surface area contributed by atoms with E-state index < -0.39 is 10.0 Å². The second kappa shape index (κ2) is 10.1. The Balaban J connectivity index is 1.02. The van der Waals surface area contributed by atoms with Crippen LogP contribution >= 0.6 is 0 Å². The fourth-order valence-electron chi connectivity index (χ4n) is 5.61. The molecule has 1 aliphatic heterocycles. The zero-order valence-electron chi connectivity index (χ0n) is 21.0. The van der Waals surface area contributed by atoms with Crippen LogP contribution in [0.15, 0.2) is 94.4 Å². The van der Waals surface area contributed by atoms with E-state index in [2.05, 4.69) is 21.4 Å². The smallest absolute Gasteiger partial charge is 0.240 e. The van der Waals surface area contributed by atoms with Gasteiger partial charge in [0.15, 0.2) is 5.58 Å². The monoisotopic (exact) mass is 531 g/mol. The normalized spacial score (nSPS) is 20.7. The Hall–Kier alpha value is -3.33. The molecule has 3 aromatic carbocycles. The van der Waals surface area contributed by atoms with Gasteiger partial charge >= 0.3 is 0 Å². The third-order valence-electron chi connectivity index (χ3n) is 7.96. The fourth-order valence-corrected chi connectivity index (χ4v) is 6.72. The van der Waals surface area contributed by atoms with Crippen LogP contribution in [0.2, 0.25) is 0 Å². The maximum atomic E-state index is 13.5. The van der Waals surface area contributed by atoms with Gasteiger partial charge in [-0.05, 0) is 61.3 Å². The minimum absolute atomic E-state index is 0.147. The number of benzene rings is 3. The Bertz CT molecular complexity index is 1580. The predicted octanol–water partition coefficient (Wildman–Crippen LogP) is 5.59. The van der Waals surface area contributed by atoms with Crippen molar-refractivity contribution in [3.8, 4) is 11.1 Å². The molecule has 2 heterocycles. The Labute approximate surface area is 222 Å². The van der Waals surface area contributed by atoms with Crippen LogP contribution in [0.25, 0.3) is 22.1 Å². The van der Waals surface area contributed by atoms with Crippen LogP contribution in [0, 0.1) is 17.7 Å². The van der Waals surface area contributed by atoms with Crippen molar-refractivity contribution in [3.63, 3.8) is 0 Å². The van der Waals surface area contributed by atoms with Crippen LogP contribution in [0.3, 0.4) is 0 Å². The number of aromatic nitrogens is 1. The highest BCUT2D eigenvalue weighted by molar-refractivity contribution is 7.89. The number of hydrogen-bond donors (Lipinski definition) is 1. The molecule has 2 fully saturated rings. The number of halogens is 1. The van der Waals surface area contributed by atoms with E-state index in [1.54, 1.807) is 24.3 Å². The standard InChI is InChI=1S/C30H30FN3O3S/c1-20-27(18-32-38(35,36)25-9-5-8-23(16-25)21-6-3-2-4-7-21)28(20)19-34-14-12-22(13-15-34)30-26-11-10-24(31)17-29(26)37-33-30/h2-11,16-17,22,27-28,32H,1,12-15,18-19H2/t27-,28-/m0/s1. The maximum absolute atomic E-state index is 13.5. The molecule has 196 valence electrons. The number of sulfonamides is 1. The molecule has 6 rings (SSSR count). The summed E-state index contributed by atoms with van der Waals surface area (Å²) in [7, 11) is -3.62. The van der Waals surface area contributed by atoms with Gasteiger partial charge in [-0.25, -0.2) is 17.5 Å². The lowest BCUT2D eigenvalue weighted by atomic mass is 9.91. The summed E-state index contributed by atoms with van der Waals surface area (Å²) < 4.78 is 47.7. The van der Waals surface area contributed by atoms with Crippen LogP contribution in [0.5, 0.6) is 0 Å². The van der Waals surface area contributed by atoms with Crippen molar-refractivity contribution in [2.75, 3.05) is 26.2 Å². The quantitative estimate of drug-likeness (QED) is 0.300. The minimum atomic E-state index is -3.62. The summed E-state index contributed by atoms with van der Waals surface area (Å²) in [6.07, 6.45) is 1.90. The molecule has 4 aromatic rings. The Morgan fingerprint density at radius 3 is 2.53 bits per heavy atom. The molecule has 0 unspecified atom stereocenters. The molecule has 1 saturated carbocycles. The van der Waals surface area contributed by atoms with Crippen LogP contribution in [-0.2, 0) is 10.0 Å². The first-order valence-corrected chi connectivity index (χ1v) is 14.5. The highest BCUT2D eigenvalue weighted by atomic mass is 32.2. The van der Waals surface area contributed by atoms with Crippen molar-refractivity contribution in [3.05, 3.63) is 96.5 Å². The number of rotatable bonds is 8. The van der Waals surface area contributed by atoms with E-state index in [-0.39, 0.29) is 22.5 Å². The Kier molecular flexibility index (Phi) is 6.63. The van der Waals surface area contributed by atoms with Gasteiger partial charge in [-0.2, -0.15) is 0 Å². The van der Waals surface area contributed by atoms with E-state index >= 15 is 0 Å². The Morgan fingerprint density at radius 2 is 1.74 bits per heavy atom. The number of likely N-dealkylation sites (tertiary alicyclic amines) is 1. The van der Waals surface area contributed by atoms with Crippen molar-refractivity contribution >= 4 is 21.0 Å². The van der Waals surface area contributed by atoms with E-state index in [1.807, 2.05) is 36.4 Å². The molecule has 6 nitrogen and oxygen atoms in total. The first-order valence-electron chi connectivity index (χ1n) is 13.0. The van der Waals surface area contributed by atoms with Crippen molar-refractivity contribution in [1.82, 2.24) is 14.8 Å². The average Bonchev–Trinajstić information content (AvgIpc) is 3.34. The molecule has 1 aromatic heterocycles. The van der Waals surface area contributed by atoms with Crippen LogP contribution in [-0.4, -0.2) is 44.7 Å². The molecule has 0 bridgehead atoms. The van der Waals surface area contributed by atoms with E-state index in [4.69, 9.17) is 4.52 Å². The molecule has 8 heteroatoms. The summed E-state index contributed by atoms with van der Waals surface area (Å²) in [4.78, 5) is 2.69. The van der Waals surface area contributed by atoms with Gasteiger partial charge in [0.05, 0.1) is 10.6 Å². The van der Waals surface area contributed by atoms with Crippen molar-refractivity contribution in [1.29, 1.82) is 0 Å². The van der Waals surface area contributed by atoms with Crippen LogP contribution < -0.4 is 4.72 Å². The van der Waals surface area contributed by atoms with Crippen molar-refractivity contribution in [2.24, 2.45) is 11.8 Å². The second-order valence-corrected chi connectivity index (χ2v) is 12.1. The van der Waals surface area contributed by atoms with E-state index in [1.165, 1.54) is 12.1 Å². The molecule has 1 N–H and O–H groups in total. The van der Waals surface area contributed by atoms with Gasteiger partial charge in [0.1, 0.15) is 5.82 Å². The third kappa shape index (κ3) is 5.04. The number of nitrogens with one attached hydrogen (secondary N) is 1. The van der Waals surface area contributed by atoms with Crippen molar-refractivity contribution < 1.29 is 17.3 Å². The van der Waals surface area contributed by atoms with Gasteiger partial charge in [-0.3, -0.25) is 0 Å². The summed E-state index contributed by atoms with van der Waals surface area (Å²) >= 11 is 0. The summed E-state index contributed by atoms with van der Waals surface area (Å²) in [5.41, 5.74) is 4.37. The van der Waals surface area contributed by atoms with Crippen molar-refractivity contribution in [2.45, 2.75) is 23.7 Å². The third-order valence-corrected chi connectivity index (χ3v) is 9.39. The first-order chi connectivity index (χ1) is 18.4. The fraction of sp³-hybridized carbons (Fsp3) is 0.300. The number of fused-ring (bicyclic) bond motifs is 1. The molecule has 2 aliphatic rings. The van der Waals surface area contributed by atoms with E-state index in [9.17, 15) is 12.8 Å². The van der Waals surface area contributed by atoms with E-state index in [0.29, 0.717) is 18.0 Å². The number of nitrogens with zero attached hydrogens (tertiary/aromatic N) is 2. The van der Waals surface area contributed by atoms with E-state index in [0.717, 1.165) is 60.3 Å². The lowest BCUT2D eigenvalue weighted by Crippen LogP contribution is -2.35. The van der Waals surface area contributed by atoms with Gasteiger partial charge in [0.2, 0.25) is 10.0 Å². The van der Waals surface area contributed by atoms with Gasteiger partial charge < -0.3 is 9.42 Å². The topological polar surface area (TPSA) is 75.4 Å². The van der Waals surface area contributed by atoms with Crippen LogP contribution in [0.4, 0.5) is 4.39 Å². The van der Waals surface area contributed by atoms with Gasteiger partial charge in [-0.15, -0.1) is 0 Å². The molecule has 0 amide bonds. The summed E-state index contributed by atoms with van der Waals surface area (Å²) in [5.74, 6) is 0.404. The van der Waals surface area contributed by atoms with Gasteiger partial charge in [0, 0.05) is 42.3 Å². The van der Waals surface area contributed by atoms with Crippen LogP contribution in [0.1, 0.15) is 24.5 Å². The predicted molar refractivity (Wildman–Crippen MR) is 146 cm³/mol. The largest absolute Gasteiger partial charge is 0.356 e. The summed E-state index contributed by atoms with van der Waals surface area (Å²) in [6.45, 7) is 7.30. The molecule has 1 aliphatic carbocycles. The number of hydrogen-bond acceptors (Lipinski definition) is 5. The Morgan fingerprint density at radius 1 is 0.974 bits per heavy atom. The summed E-state index contributed by atoms with van der Waals surface area (Å²) in [6, 6.07) is 21.4. The second-order valence-electron chi connectivity index (χ2n) is 10.3. The van der Waals surface area contributed by atoms with Gasteiger partial charge in [-0.1, -0.05) is 59.8 Å². The SMILES string of the molecule is C=C1[C@H](CNS(=O)(=O)c2cccc(-c3ccccc3)c2)[C@H]1CN1CCC(c2noc3cc(F)ccc23)CC1. The molecular formula is C30H30FN3O3S. The molecule has 0 spiro atoms.